The second kappa shape index (κ2) is 6.47. The van der Waals surface area contributed by atoms with Crippen LogP contribution in [0.25, 0.3) is 0 Å². The van der Waals surface area contributed by atoms with Gasteiger partial charge in [0.05, 0.1) is 17.9 Å². The number of likely N-dealkylation sites (tertiary alicyclic amines) is 1. The van der Waals surface area contributed by atoms with Crippen molar-refractivity contribution >= 4 is 23.3 Å². The average molecular weight is 377 g/mol. The summed E-state index contributed by atoms with van der Waals surface area (Å²) < 4.78 is 39.1. The first-order chi connectivity index (χ1) is 11.7. The first-order valence-corrected chi connectivity index (χ1v) is 8.81. The maximum atomic E-state index is 13.0. The van der Waals surface area contributed by atoms with Gasteiger partial charge in [0.25, 0.3) is 0 Å². The Kier molecular flexibility index (Phi) is 4.65. The topological polar surface area (TPSA) is 82.5 Å². The quantitative estimate of drug-likeness (QED) is 0.845. The molecule has 0 aromatic carbocycles. The predicted molar refractivity (Wildman–Crippen MR) is 83.1 cm³/mol. The van der Waals surface area contributed by atoms with E-state index < -0.39 is 43.1 Å². The Balaban J connectivity index is 1.71. The van der Waals surface area contributed by atoms with E-state index in [0.29, 0.717) is 0 Å². The van der Waals surface area contributed by atoms with Crippen LogP contribution in [0.3, 0.4) is 0 Å². The Bertz CT molecular complexity index is 674. The molecule has 1 unspecified atom stereocenters. The number of thiazole rings is 1. The van der Waals surface area contributed by atoms with Crippen molar-refractivity contribution in [2.75, 3.05) is 13.1 Å². The number of nitrogens with one attached hydrogen (secondary N) is 1. The molecule has 1 saturated carbocycles. The number of aromatic nitrogens is 1. The van der Waals surface area contributed by atoms with Crippen LogP contribution in [-0.4, -0.2) is 46.3 Å². The molecule has 0 radical (unpaired) electrons. The molecule has 2 heterocycles. The van der Waals surface area contributed by atoms with Crippen LogP contribution in [0.15, 0.2) is 5.38 Å². The molecule has 0 spiro atoms. The number of amides is 2. The zero-order chi connectivity index (χ0) is 18.4. The number of nitrogens with zero attached hydrogens (tertiary/aromatic N) is 2. The Hall–Kier alpha value is -1.84. The van der Waals surface area contributed by atoms with Gasteiger partial charge in [-0.15, -0.1) is 11.3 Å². The minimum Gasteiger partial charge on any atom is -0.481 e. The van der Waals surface area contributed by atoms with Crippen LogP contribution in [0, 0.1) is 24.7 Å². The van der Waals surface area contributed by atoms with Crippen LogP contribution < -0.4 is 5.32 Å². The third-order valence-electron chi connectivity index (χ3n) is 4.62. The van der Waals surface area contributed by atoms with Gasteiger partial charge in [-0.3, -0.25) is 4.79 Å². The van der Waals surface area contributed by atoms with Crippen molar-refractivity contribution in [1.82, 2.24) is 15.2 Å². The lowest BCUT2D eigenvalue weighted by atomic mass is 9.96. The van der Waals surface area contributed by atoms with Crippen LogP contribution in [-0.2, 0) is 4.79 Å². The van der Waals surface area contributed by atoms with Crippen LogP contribution in [0.1, 0.15) is 29.6 Å². The molecule has 1 aromatic rings. The standard InChI is InChI=1S/C15H18F3N3O3S/c1-7-6-25-12(19-7)11(8-2-3-8)20-14(24)21-4-9(13(22)23)10(5-21)15(16,17)18/h6,8-11H,2-5H2,1H3,(H,20,24)(H,22,23)/t9-,10-,11?/m1/s1. The molecule has 2 amide bonds. The number of carboxylic acid groups (broad SMARTS) is 1. The molecule has 138 valence electrons. The van der Waals surface area contributed by atoms with Gasteiger partial charge in [-0.05, 0) is 25.7 Å². The molecule has 1 aliphatic carbocycles. The molecule has 1 aromatic heterocycles. The summed E-state index contributed by atoms with van der Waals surface area (Å²) in [5, 5.41) is 14.4. The minimum absolute atomic E-state index is 0.228. The smallest absolute Gasteiger partial charge is 0.394 e. The van der Waals surface area contributed by atoms with Crippen molar-refractivity contribution in [1.29, 1.82) is 0 Å². The molecule has 2 aliphatic rings. The number of carboxylic acids is 1. The van der Waals surface area contributed by atoms with Crippen LogP contribution >= 0.6 is 11.3 Å². The van der Waals surface area contributed by atoms with Gasteiger partial charge in [-0.1, -0.05) is 0 Å². The monoisotopic (exact) mass is 377 g/mol. The van der Waals surface area contributed by atoms with Crippen LogP contribution in [0.5, 0.6) is 0 Å². The molecule has 2 N–H and O–H groups in total. The van der Waals surface area contributed by atoms with E-state index in [0.717, 1.165) is 28.4 Å². The summed E-state index contributed by atoms with van der Waals surface area (Å²) in [5.41, 5.74) is 0.823. The summed E-state index contributed by atoms with van der Waals surface area (Å²) in [6, 6.07) is -0.998. The molecule has 2 fully saturated rings. The van der Waals surface area contributed by atoms with Gasteiger partial charge < -0.3 is 15.3 Å². The third kappa shape index (κ3) is 3.88. The van der Waals surface area contributed by atoms with Gasteiger partial charge in [-0.25, -0.2) is 9.78 Å². The van der Waals surface area contributed by atoms with Gasteiger partial charge >= 0.3 is 18.2 Å². The number of hydrogen-bond donors (Lipinski definition) is 2. The SMILES string of the molecule is Cc1csc(C(NC(=O)N2C[C@@H](C(F)(F)F)[C@H](C(=O)O)C2)C2CC2)n1. The van der Waals surface area contributed by atoms with Crippen molar-refractivity contribution < 1.29 is 27.9 Å². The first kappa shape index (κ1) is 18.0. The fraction of sp³-hybridized carbons (Fsp3) is 0.667. The Morgan fingerprint density at radius 1 is 1.40 bits per heavy atom. The molecule has 6 nitrogen and oxygen atoms in total. The molecular formula is C15H18F3N3O3S. The highest BCUT2D eigenvalue weighted by Gasteiger charge is 2.53. The van der Waals surface area contributed by atoms with Gasteiger partial charge in [0, 0.05) is 24.2 Å². The highest BCUT2D eigenvalue weighted by atomic mass is 32.1. The van der Waals surface area contributed by atoms with E-state index in [1.54, 1.807) is 0 Å². The van der Waals surface area contributed by atoms with Crippen molar-refractivity contribution in [3.8, 4) is 0 Å². The highest BCUT2D eigenvalue weighted by molar-refractivity contribution is 7.09. The molecule has 3 rings (SSSR count). The van der Waals surface area contributed by atoms with Gasteiger partial charge in [0.1, 0.15) is 5.01 Å². The lowest BCUT2D eigenvalue weighted by Crippen LogP contribution is -2.41. The fourth-order valence-electron chi connectivity index (χ4n) is 3.10. The zero-order valence-corrected chi connectivity index (χ0v) is 14.2. The van der Waals surface area contributed by atoms with Gasteiger partial charge in [0.2, 0.25) is 0 Å². The number of aryl methyl sites for hydroxylation is 1. The molecule has 1 aliphatic heterocycles. The van der Waals surface area contributed by atoms with Gasteiger partial charge in [-0.2, -0.15) is 13.2 Å². The molecule has 25 heavy (non-hydrogen) atoms. The number of carbonyl (C=O) groups excluding carboxylic acids is 1. The van der Waals surface area contributed by atoms with Crippen molar-refractivity contribution in [3.05, 3.63) is 16.1 Å². The minimum atomic E-state index is -4.65. The molecule has 0 bridgehead atoms. The van der Waals surface area contributed by atoms with Crippen molar-refractivity contribution in [3.63, 3.8) is 0 Å². The van der Waals surface area contributed by atoms with E-state index in [4.69, 9.17) is 5.11 Å². The first-order valence-electron chi connectivity index (χ1n) is 7.93. The predicted octanol–water partition coefficient (Wildman–Crippen LogP) is 2.81. The van der Waals surface area contributed by atoms with Gasteiger partial charge in [0.15, 0.2) is 0 Å². The average Bonchev–Trinajstić information content (AvgIpc) is 3.07. The summed E-state index contributed by atoms with van der Waals surface area (Å²) in [7, 11) is 0. The highest BCUT2D eigenvalue weighted by Crippen LogP contribution is 2.42. The molecule has 3 atom stereocenters. The third-order valence-corrected chi connectivity index (χ3v) is 5.67. The van der Waals surface area contributed by atoms with E-state index >= 15 is 0 Å². The maximum Gasteiger partial charge on any atom is 0.394 e. The fourth-order valence-corrected chi connectivity index (χ4v) is 4.04. The number of halogens is 3. The summed E-state index contributed by atoms with van der Waals surface area (Å²) in [5.74, 6) is -4.98. The number of carbonyl (C=O) groups is 2. The van der Waals surface area contributed by atoms with E-state index in [1.807, 2.05) is 12.3 Å². The lowest BCUT2D eigenvalue weighted by Gasteiger charge is -2.22. The van der Waals surface area contributed by atoms with Crippen LogP contribution in [0.2, 0.25) is 0 Å². The number of rotatable bonds is 4. The summed E-state index contributed by atoms with van der Waals surface area (Å²) >= 11 is 1.40. The van der Waals surface area contributed by atoms with E-state index in [9.17, 15) is 22.8 Å². The second-order valence-electron chi connectivity index (χ2n) is 6.59. The Morgan fingerprint density at radius 3 is 2.52 bits per heavy atom. The van der Waals surface area contributed by atoms with Crippen LogP contribution in [0.4, 0.5) is 18.0 Å². The molecule has 10 heteroatoms. The number of alkyl halides is 3. The Morgan fingerprint density at radius 2 is 2.08 bits per heavy atom. The zero-order valence-electron chi connectivity index (χ0n) is 13.4. The lowest BCUT2D eigenvalue weighted by molar-refractivity contribution is -0.187. The molecule has 1 saturated heterocycles. The Labute approximate surface area is 146 Å². The second-order valence-corrected chi connectivity index (χ2v) is 7.48. The largest absolute Gasteiger partial charge is 0.481 e. The van der Waals surface area contributed by atoms with E-state index in [-0.39, 0.29) is 12.0 Å². The van der Waals surface area contributed by atoms with Crippen molar-refractivity contribution in [2.24, 2.45) is 17.8 Å². The number of urea groups is 1. The number of hydrogen-bond acceptors (Lipinski definition) is 4. The maximum absolute atomic E-state index is 13.0. The van der Waals surface area contributed by atoms with E-state index in [2.05, 4.69) is 10.3 Å². The summed E-state index contributed by atoms with van der Waals surface area (Å²) in [4.78, 5) is 28.9. The normalized spacial score (nSPS) is 25.0. The molecular weight excluding hydrogens is 359 g/mol. The number of aliphatic carboxylic acids is 1. The summed E-state index contributed by atoms with van der Waals surface area (Å²) in [6.45, 7) is 0.748. The van der Waals surface area contributed by atoms with E-state index in [1.165, 1.54) is 11.3 Å². The van der Waals surface area contributed by atoms with Crippen molar-refractivity contribution in [2.45, 2.75) is 32.0 Å². The summed E-state index contributed by atoms with van der Waals surface area (Å²) in [6.07, 6.45) is -2.81.